The third-order valence-corrected chi connectivity index (χ3v) is 2.19. The van der Waals surface area contributed by atoms with Crippen molar-refractivity contribution in [2.24, 2.45) is 0 Å². The number of nitrogens with zero attached hydrogens (tertiary/aromatic N) is 1. The second kappa shape index (κ2) is 4.64. The summed E-state index contributed by atoms with van der Waals surface area (Å²) in [5.74, 6) is 0.851. The van der Waals surface area contributed by atoms with Gasteiger partial charge in [-0.05, 0) is 24.6 Å². The molecule has 1 aromatic carbocycles. The molecule has 0 saturated heterocycles. The van der Waals surface area contributed by atoms with Gasteiger partial charge in [0.05, 0.1) is 12.0 Å². The summed E-state index contributed by atoms with van der Waals surface area (Å²) < 4.78 is 5.81. The molecule has 77 valence electrons. The van der Waals surface area contributed by atoms with Gasteiger partial charge < -0.3 is 9.72 Å². The van der Waals surface area contributed by atoms with Crippen LogP contribution in [0.3, 0.4) is 0 Å². The van der Waals surface area contributed by atoms with Crippen molar-refractivity contribution in [1.29, 1.82) is 0 Å². The Morgan fingerprint density at radius 2 is 2.27 bits per heavy atom. The summed E-state index contributed by atoms with van der Waals surface area (Å²) in [5.41, 5.74) is 0.935. The van der Waals surface area contributed by atoms with Crippen molar-refractivity contribution in [3.05, 3.63) is 48.5 Å². The van der Waals surface area contributed by atoms with E-state index in [4.69, 9.17) is 4.74 Å². The van der Waals surface area contributed by atoms with E-state index in [9.17, 15) is 0 Å². The zero-order chi connectivity index (χ0) is 10.5. The topological polar surface area (TPSA) is 37.9 Å². The number of aromatic nitrogens is 2. The van der Waals surface area contributed by atoms with Gasteiger partial charge in [-0.1, -0.05) is 19.1 Å². The van der Waals surface area contributed by atoms with Gasteiger partial charge >= 0.3 is 0 Å². The number of rotatable bonds is 4. The quantitative estimate of drug-likeness (QED) is 0.825. The number of benzene rings is 1. The molecule has 3 nitrogen and oxygen atoms in total. The minimum Gasteiger partial charge on any atom is -0.484 e. The van der Waals surface area contributed by atoms with Crippen LogP contribution in [0.25, 0.3) is 0 Å². The lowest BCUT2D eigenvalue weighted by Gasteiger charge is -2.15. The predicted molar refractivity (Wildman–Crippen MR) is 57.5 cm³/mol. The normalized spacial score (nSPS) is 12.3. The average molecular weight is 201 g/mol. The number of hydrogen-bond acceptors (Lipinski definition) is 2. The summed E-state index contributed by atoms with van der Waals surface area (Å²) in [4.78, 5) is 7.13. The Bertz CT molecular complexity index is 383. The predicted octanol–water partition coefficient (Wildman–Crippen LogP) is 2.74. The molecule has 0 spiro atoms. The lowest BCUT2D eigenvalue weighted by atomic mass is 10.2. The number of imidazole rings is 1. The van der Waals surface area contributed by atoms with Gasteiger partial charge in [0.1, 0.15) is 11.9 Å². The highest BCUT2D eigenvalue weighted by molar-refractivity contribution is 5.21. The van der Waals surface area contributed by atoms with Crippen molar-refractivity contribution < 1.29 is 4.74 Å². The highest BCUT2D eigenvalue weighted by atomic mass is 16.5. The molecule has 1 N–H and O–H groups in total. The van der Waals surface area contributed by atoms with E-state index in [1.807, 2.05) is 30.5 Å². The molecule has 1 unspecified atom stereocenters. The van der Waals surface area contributed by atoms with Gasteiger partial charge in [-0.3, -0.25) is 0 Å². The van der Waals surface area contributed by atoms with Gasteiger partial charge in [0.15, 0.2) is 0 Å². The van der Waals surface area contributed by atoms with Gasteiger partial charge in [-0.25, -0.2) is 4.98 Å². The number of aromatic amines is 1. The first kappa shape index (κ1) is 9.77. The Hall–Kier alpha value is -1.77. The molecule has 0 fully saturated rings. The van der Waals surface area contributed by atoms with Crippen molar-refractivity contribution in [3.8, 4) is 5.75 Å². The molecule has 1 heterocycles. The molecule has 3 heteroatoms. The van der Waals surface area contributed by atoms with Gasteiger partial charge in [-0.15, -0.1) is 0 Å². The molecule has 1 radical (unpaired) electrons. The Kier molecular flexibility index (Phi) is 3.02. The molecule has 0 aliphatic carbocycles. The molecule has 1 atom stereocenters. The summed E-state index contributed by atoms with van der Waals surface area (Å²) in [5, 5.41) is 0. The molecule has 0 amide bonds. The molecule has 1 aromatic heterocycles. The largest absolute Gasteiger partial charge is 0.484 e. The molecule has 0 bridgehead atoms. The smallest absolute Gasteiger partial charge is 0.142 e. The van der Waals surface area contributed by atoms with Gasteiger partial charge in [0.2, 0.25) is 0 Å². The Morgan fingerprint density at radius 1 is 1.47 bits per heavy atom. The van der Waals surface area contributed by atoms with Crippen molar-refractivity contribution >= 4 is 0 Å². The zero-order valence-corrected chi connectivity index (χ0v) is 8.60. The summed E-state index contributed by atoms with van der Waals surface area (Å²) in [6, 6.07) is 10.4. The van der Waals surface area contributed by atoms with Crippen molar-refractivity contribution in [1.82, 2.24) is 9.97 Å². The van der Waals surface area contributed by atoms with Crippen molar-refractivity contribution in [3.63, 3.8) is 0 Å². The van der Waals surface area contributed by atoms with Crippen LogP contribution in [0.2, 0.25) is 0 Å². The fraction of sp³-hybridized carbons (Fsp3) is 0.250. The Balaban J connectivity index is 2.10. The van der Waals surface area contributed by atoms with Crippen molar-refractivity contribution in [2.45, 2.75) is 19.4 Å². The number of H-pyrrole nitrogens is 1. The lowest BCUT2D eigenvalue weighted by Crippen LogP contribution is -2.06. The van der Waals surface area contributed by atoms with E-state index in [-0.39, 0.29) is 6.10 Å². The van der Waals surface area contributed by atoms with Crippen LogP contribution in [0, 0.1) is 6.07 Å². The highest BCUT2D eigenvalue weighted by Gasteiger charge is 2.12. The minimum atomic E-state index is 0.0126. The summed E-state index contributed by atoms with van der Waals surface area (Å²) in [6.45, 7) is 2.08. The monoisotopic (exact) mass is 201 g/mol. The second-order valence-electron chi connectivity index (χ2n) is 3.24. The summed E-state index contributed by atoms with van der Waals surface area (Å²) >= 11 is 0. The molecule has 0 saturated carbocycles. The van der Waals surface area contributed by atoms with Crippen molar-refractivity contribution in [2.75, 3.05) is 0 Å². The summed E-state index contributed by atoms with van der Waals surface area (Å²) in [6.07, 6.45) is 4.44. The Labute approximate surface area is 89.1 Å². The maximum atomic E-state index is 5.81. The zero-order valence-electron chi connectivity index (χ0n) is 8.60. The van der Waals surface area contributed by atoms with Gasteiger partial charge in [0, 0.05) is 6.20 Å². The molecule has 2 aromatic rings. The first-order valence-electron chi connectivity index (χ1n) is 5.01. The SMILES string of the molecule is CCC(Oc1cc[c]cc1)c1c[nH]cn1. The minimum absolute atomic E-state index is 0.0126. The molecular weight excluding hydrogens is 188 g/mol. The average Bonchev–Trinajstić information content (AvgIpc) is 2.81. The van der Waals surface area contributed by atoms with Crippen LogP contribution in [0.5, 0.6) is 5.75 Å². The van der Waals surface area contributed by atoms with Crippen LogP contribution >= 0.6 is 0 Å². The fourth-order valence-electron chi connectivity index (χ4n) is 1.42. The first-order valence-corrected chi connectivity index (χ1v) is 5.01. The van der Waals surface area contributed by atoms with E-state index >= 15 is 0 Å². The third kappa shape index (κ3) is 2.37. The fourth-order valence-corrected chi connectivity index (χ4v) is 1.42. The van der Waals surface area contributed by atoms with Crippen LogP contribution in [0.1, 0.15) is 25.1 Å². The lowest BCUT2D eigenvalue weighted by molar-refractivity contribution is 0.197. The van der Waals surface area contributed by atoms with Crippen LogP contribution in [0.15, 0.2) is 36.8 Å². The standard InChI is InChI=1S/C12H13N2O/c1-2-12(11-8-13-9-14-11)15-10-6-4-3-5-7-10/h4-9,12H,2H2,1H3,(H,13,14). The number of ether oxygens (including phenoxy) is 1. The van der Waals surface area contributed by atoms with E-state index < -0.39 is 0 Å². The van der Waals surface area contributed by atoms with Crippen LogP contribution in [-0.2, 0) is 0 Å². The van der Waals surface area contributed by atoms with E-state index in [1.54, 1.807) is 6.33 Å². The van der Waals surface area contributed by atoms with Crippen LogP contribution in [-0.4, -0.2) is 9.97 Å². The van der Waals surface area contributed by atoms with E-state index in [1.165, 1.54) is 0 Å². The maximum Gasteiger partial charge on any atom is 0.142 e. The van der Waals surface area contributed by atoms with E-state index in [0.29, 0.717) is 0 Å². The van der Waals surface area contributed by atoms with Crippen LogP contribution < -0.4 is 4.74 Å². The van der Waals surface area contributed by atoms with Gasteiger partial charge in [0.25, 0.3) is 0 Å². The molecule has 0 aliphatic heterocycles. The number of hydrogen-bond donors (Lipinski definition) is 1. The molecule has 2 rings (SSSR count). The molecule has 15 heavy (non-hydrogen) atoms. The van der Waals surface area contributed by atoms with Gasteiger partial charge in [-0.2, -0.15) is 0 Å². The third-order valence-electron chi connectivity index (χ3n) is 2.19. The second-order valence-corrected chi connectivity index (χ2v) is 3.24. The maximum absolute atomic E-state index is 5.81. The highest BCUT2D eigenvalue weighted by Crippen LogP contribution is 2.22. The number of nitrogens with one attached hydrogen (secondary N) is 1. The summed E-state index contributed by atoms with van der Waals surface area (Å²) in [7, 11) is 0. The van der Waals surface area contributed by atoms with E-state index in [0.717, 1.165) is 17.9 Å². The van der Waals surface area contributed by atoms with E-state index in [2.05, 4.69) is 23.0 Å². The molecular formula is C12H13N2O. The van der Waals surface area contributed by atoms with Crippen LogP contribution in [0.4, 0.5) is 0 Å². The Morgan fingerprint density at radius 3 is 2.87 bits per heavy atom. The first-order chi connectivity index (χ1) is 7.40. The molecule has 0 aliphatic rings.